The number of nitrogens with zero attached hydrogens (tertiary/aromatic N) is 1. The smallest absolute Gasteiger partial charge is 0.277 e. The van der Waals surface area contributed by atoms with Crippen LogP contribution >= 0.6 is 0 Å². The van der Waals surface area contributed by atoms with Gasteiger partial charge in [-0.3, -0.25) is 10.1 Å². The van der Waals surface area contributed by atoms with E-state index in [2.05, 4.69) is 0 Å². The second-order valence-corrected chi connectivity index (χ2v) is 5.02. The zero-order chi connectivity index (χ0) is 14.0. The Labute approximate surface area is 110 Å². The van der Waals surface area contributed by atoms with Crippen molar-refractivity contribution in [3.63, 3.8) is 0 Å². The monoisotopic (exact) mass is 268 g/mol. The van der Waals surface area contributed by atoms with Gasteiger partial charge in [0.25, 0.3) is 5.69 Å². The van der Waals surface area contributed by atoms with Gasteiger partial charge in [-0.2, -0.15) is 0 Å². The Bertz CT molecular complexity index is 475. The Kier molecular flexibility index (Phi) is 4.11. The number of aliphatic hydroxyl groups is 1. The first kappa shape index (κ1) is 13.9. The Morgan fingerprint density at radius 2 is 2.05 bits per heavy atom. The van der Waals surface area contributed by atoms with Crippen molar-refractivity contribution in [2.45, 2.75) is 37.8 Å². The Morgan fingerprint density at radius 3 is 2.63 bits per heavy atom. The molecule has 0 amide bonds. The number of nitrogens with two attached hydrogens (primary N) is 1. The molecular weight excluding hydrogens is 251 g/mol. The van der Waals surface area contributed by atoms with E-state index in [9.17, 15) is 19.6 Å². The topological polar surface area (TPSA) is 89.4 Å². The molecule has 1 saturated carbocycles. The molecule has 1 aliphatic carbocycles. The quantitative estimate of drug-likeness (QED) is 0.647. The van der Waals surface area contributed by atoms with Crippen molar-refractivity contribution in [1.29, 1.82) is 0 Å². The summed E-state index contributed by atoms with van der Waals surface area (Å²) in [7, 11) is 0. The van der Waals surface area contributed by atoms with Crippen molar-refractivity contribution < 1.29 is 14.4 Å². The van der Waals surface area contributed by atoms with Crippen LogP contribution in [0.5, 0.6) is 0 Å². The molecule has 1 aliphatic rings. The molecule has 0 bridgehead atoms. The van der Waals surface area contributed by atoms with E-state index < -0.39 is 22.9 Å². The normalized spacial score (nSPS) is 19.3. The first-order valence-electron chi connectivity index (χ1n) is 6.38. The first-order valence-corrected chi connectivity index (χ1v) is 6.38. The third kappa shape index (κ3) is 2.90. The minimum atomic E-state index is -0.857. The lowest BCUT2D eigenvalue weighted by Gasteiger charge is -2.24. The van der Waals surface area contributed by atoms with Crippen LogP contribution < -0.4 is 5.73 Å². The average Bonchev–Trinajstić information content (AvgIpc) is 2.90. The maximum Gasteiger partial charge on any atom is 0.277 e. The van der Waals surface area contributed by atoms with Gasteiger partial charge in [0.15, 0.2) is 0 Å². The van der Waals surface area contributed by atoms with Gasteiger partial charge in [0.2, 0.25) is 0 Å². The van der Waals surface area contributed by atoms with E-state index in [1.807, 2.05) is 0 Å². The van der Waals surface area contributed by atoms with Crippen LogP contribution in [0.25, 0.3) is 0 Å². The minimum Gasteiger partial charge on any atom is -0.391 e. The van der Waals surface area contributed by atoms with Gasteiger partial charge < -0.3 is 10.8 Å². The summed E-state index contributed by atoms with van der Waals surface area (Å²) >= 11 is 0. The molecule has 0 saturated heterocycles. The van der Waals surface area contributed by atoms with Crippen LogP contribution in [0.2, 0.25) is 0 Å². The molecule has 0 radical (unpaired) electrons. The second kappa shape index (κ2) is 5.63. The van der Waals surface area contributed by atoms with Crippen molar-refractivity contribution >= 4 is 5.69 Å². The number of hydrogen-bond donors (Lipinski definition) is 2. The van der Waals surface area contributed by atoms with E-state index in [1.54, 1.807) is 0 Å². The number of halogens is 1. The van der Waals surface area contributed by atoms with Gasteiger partial charge in [-0.25, -0.2) is 4.39 Å². The maximum absolute atomic E-state index is 13.1. The summed E-state index contributed by atoms with van der Waals surface area (Å²) < 4.78 is 13.1. The highest BCUT2D eigenvalue weighted by molar-refractivity contribution is 5.43. The molecule has 2 rings (SSSR count). The lowest BCUT2D eigenvalue weighted by molar-refractivity contribution is -0.386. The zero-order valence-electron chi connectivity index (χ0n) is 10.5. The van der Waals surface area contributed by atoms with E-state index in [1.165, 1.54) is 6.07 Å². The number of benzene rings is 1. The molecule has 104 valence electrons. The second-order valence-electron chi connectivity index (χ2n) is 5.02. The Morgan fingerprint density at radius 1 is 1.42 bits per heavy atom. The van der Waals surface area contributed by atoms with Gasteiger partial charge in [-0.05, 0) is 30.9 Å². The van der Waals surface area contributed by atoms with E-state index in [0.717, 1.165) is 37.8 Å². The molecule has 0 aromatic heterocycles. The summed E-state index contributed by atoms with van der Waals surface area (Å²) in [6.45, 7) is 0. The molecule has 0 heterocycles. The molecule has 0 unspecified atom stereocenters. The van der Waals surface area contributed by atoms with E-state index >= 15 is 0 Å². The van der Waals surface area contributed by atoms with Gasteiger partial charge in [0, 0.05) is 5.56 Å². The Balaban J connectivity index is 2.27. The average molecular weight is 268 g/mol. The largest absolute Gasteiger partial charge is 0.391 e. The fraction of sp³-hybridized carbons (Fsp3) is 0.538. The molecule has 0 aliphatic heterocycles. The number of hydrogen-bond acceptors (Lipinski definition) is 4. The molecule has 1 aromatic rings. The van der Waals surface area contributed by atoms with E-state index in [4.69, 9.17) is 5.73 Å². The third-order valence-electron chi connectivity index (χ3n) is 3.80. The molecular formula is C13H17FN2O3. The van der Waals surface area contributed by atoms with Crippen LogP contribution in [0, 0.1) is 21.8 Å². The highest BCUT2D eigenvalue weighted by atomic mass is 19.1. The van der Waals surface area contributed by atoms with Crippen LogP contribution in [-0.2, 0) is 0 Å². The highest BCUT2D eigenvalue weighted by Gasteiger charge is 2.32. The van der Waals surface area contributed by atoms with Crippen LogP contribution in [-0.4, -0.2) is 16.1 Å². The third-order valence-corrected chi connectivity index (χ3v) is 3.80. The first-order chi connectivity index (χ1) is 9.00. The predicted molar refractivity (Wildman–Crippen MR) is 67.9 cm³/mol. The Hall–Kier alpha value is -1.53. The van der Waals surface area contributed by atoms with Gasteiger partial charge in [-0.15, -0.1) is 0 Å². The summed E-state index contributed by atoms with van der Waals surface area (Å²) in [5, 5.41) is 21.1. The minimum absolute atomic E-state index is 0.0691. The fourth-order valence-corrected chi connectivity index (χ4v) is 2.73. The van der Waals surface area contributed by atoms with E-state index in [-0.39, 0.29) is 17.2 Å². The number of aliphatic hydroxyl groups excluding tert-OH is 1. The van der Waals surface area contributed by atoms with Gasteiger partial charge in [-0.1, -0.05) is 12.8 Å². The molecule has 0 spiro atoms. The summed E-state index contributed by atoms with van der Waals surface area (Å²) in [4.78, 5) is 10.3. The molecule has 6 heteroatoms. The SMILES string of the molecule is N[C@H](c1ccc(F)cc1[N+](=O)[O-])[C@@H](O)C1CCCC1. The van der Waals surface area contributed by atoms with Crippen molar-refractivity contribution in [2.75, 3.05) is 0 Å². The molecule has 1 aromatic carbocycles. The van der Waals surface area contributed by atoms with Crippen molar-refractivity contribution in [3.05, 3.63) is 39.7 Å². The van der Waals surface area contributed by atoms with Crippen LogP contribution in [0.15, 0.2) is 18.2 Å². The number of rotatable bonds is 4. The van der Waals surface area contributed by atoms with Gasteiger partial charge in [0.1, 0.15) is 5.82 Å². The zero-order valence-corrected chi connectivity index (χ0v) is 10.5. The van der Waals surface area contributed by atoms with Gasteiger partial charge >= 0.3 is 0 Å². The maximum atomic E-state index is 13.1. The lowest BCUT2D eigenvalue weighted by Crippen LogP contribution is -2.32. The summed E-state index contributed by atoms with van der Waals surface area (Å²) in [5.74, 6) is -0.613. The molecule has 3 N–H and O–H groups in total. The summed E-state index contributed by atoms with van der Waals surface area (Å²) in [5.41, 5.74) is 5.75. The van der Waals surface area contributed by atoms with E-state index in [0.29, 0.717) is 0 Å². The molecule has 1 fully saturated rings. The highest BCUT2D eigenvalue weighted by Crippen LogP contribution is 2.35. The standard InChI is InChI=1S/C13H17FN2O3/c14-9-5-6-10(11(7-9)16(18)19)12(15)13(17)8-3-1-2-4-8/h5-8,12-13,17H,1-4,15H2/t12-,13+/m1/s1. The van der Waals surface area contributed by atoms with Crippen molar-refractivity contribution in [1.82, 2.24) is 0 Å². The number of nitro benzene ring substituents is 1. The molecule has 19 heavy (non-hydrogen) atoms. The molecule has 5 nitrogen and oxygen atoms in total. The van der Waals surface area contributed by atoms with Crippen molar-refractivity contribution in [2.24, 2.45) is 11.7 Å². The molecule has 2 atom stereocenters. The predicted octanol–water partition coefficient (Wildman–Crippen LogP) is 2.28. The number of nitro groups is 1. The van der Waals surface area contributed by atoms with Crippen LogP contribution in [0.3, 0.4) is 0 Å². The van der Waals surface area contributed by atoms with Crippen LogP contribution in [0.4, 0.5) is 10.1 Å². The fourth-order valence-electron chi connectivity index (χ4n) is 2.73. The van der Waals surface area contributed by atoms with Gasteiger partial charge in [0.05, 0.1) is 23.1 Å². The van der Waals surface area contributed by atoms with Crippen molar-refractivity contribution in [3.8, 4) is 0 Å². The van der Waals surface area contributed by atoms with Crippen LogP contribution in [0.1, 0.15) is 37.3 Å². The lowest BCUT2D eigenvalue weighted by atomic mass is 9.90. The summed E-state index contributed by atoms with van der Waals surface area (Å²) in [6, 6.07) is 2.40. The summed E-state index contributed by atoms with van der Waals surface area (Å²) in [6.07, 6.45) is 3.01.